The first-order chi connectivity index (χ1) is 13.1. The summed E-state index contributed by atoms with van der Waals surface area (Å²) in [5.41, 5.74) is 2.23. The van der Waals surface area contributed by atoms with Gasteiger partial charge in [0.05, 0.1) is 31.5 Å². The number of hydrogen-bond acceptors (Lipinski definition) is 6. The smallest absolute Gasteiger partial charge is 0.252 e. The van der Waals surface area contributed by atoms with E-state index in [-0.39, 0.29) is 11.6 Å². The predicted octanol–water partition coefficient (Wildman–Crippen LogP) is 3.18. The molecule has 7 heteroatoms. The van der Waals surface area contributed by atoms with Gasteiger partial charge < -0.3 is 19.0 Å². The Morgan fingerprint density at radius 2 is 2.00 bits per heavy atom. The summed E-state index contributed by atoms with van der Waals surface area (Å²) in [6, 6.07) is 7.73. The van der Waals surface area contributed by atoms with Crippen LogP contribution in [-0.2, 0) is 6.54 Å². The number of H-pyrrole nitrogens is 1. The van der Waals surface area contributed by atoms with Crippen LogP contribution in [0, 0.1) is 6.92 Å². The number of nitrogens with one attached hydrogen (secondary N) is 1. The van der Waals surface area contributed by atoms with Crippen molar-refractivity contribution in [1.82, 2.24) is 15.0 Å². The van der Waals surface area contributed by atoms with Gasteiger partial charge in [0.25, 0.3) is 5.56 Å². The van der Waals surface area contributed by atoms with Crippen LogP contribution in [0.25, 0.3) is 10.9 Å². The van der Waals surface area contributed by atoms with Gasteiger partial charge in [-0.05, 0) is 38.4 Å². The minimum absolute atomic E-state index is 0.0888. The Balaban J connectivity index is 1.67. The average molecular weight is 369 g/mol. The Morgan fingerprint density at radius 1 is 1.22 bits per heavy atom. The maximum Gasteiger partial charge on any atom is 0.252 e. The molecular weight excluding hydrogens is 346 g/mol. The first-order valence-corrected chi connectivity index (χ1v) is 9.04. The zero-order valence-corrected chi connectivity index (χ0v) is 15.7. The fourth-order valence-electron chi connectivity index (χ4n) is 3.79. The van der Waals surface area contributed by atoms with Gasteiger partial charge in [-0.15, -0.1) is 0 Å². The highest BCUT2D eigenvalue weighted by atomic mass is 16.5. The number of fused-ring (bicyclic) bond motifs is 1. The molecule has 142 valence electrons. The molecule has 1 aliphatic rings. The second-order valence-electron chi connectivity index (χ2n) is 6.92. The molecule has 7 nitrogen and oxygen atoms in total. The third kappa shape index (κ3) is 3.30. The van der Waals surface area contributed by atoms with Crippen LogP contribution >= 0.6 is 0 Å². The number of hydrogen-bond donors (Lipinski definition) is 1. The van der Waals surface area contributed by atoms with Gasteiger partial charge in [0.15, 0.2) is 17.3 Å². The van der Waals surface area contributed by atoms with Crippen LogP contribution in [-0.4, -0.2) is 35.8 Å². The molecule has 1 fully saturated rings. The SMILES string of the molecule is COc1cc2cc(CN3CCC[C@@H]3c3cc(C)no3)c(=O)[nH]c2cc1OC. The molecule has 0 saturated carbocycles. The van der Waals surface area contributed by atoms with Crippen LogP contribution in [0.4, 0.5) is 0 Å². The monoisotopic (exact) mass is 369 g/mol. The molecule has 1 aliphatic heterocycles. The van der Waals surface area contributed by atoms with E-state index in [0.717, 1.165) is 47.3 Å². The zero-order valence-electron chi connectivity index (χ0n) is 15.7. The number of ether oxygens (including phenoxy) is 2. The molecular formula is C20H23N3O4. The number of aromatic amines is 1. The number of aromatic nitrogens is 2. The van der Waals surface area contributed by atoms with Crippen molar-refractivity contribution in [3.05, 3.63) is 51.6 Å². The van der Waals surface area contributed by atoms with E-state index in [0.29, 0.717) is 18.0 Å². The molecule has 0 aliphatic carbocycles. The van der Waals surface area contributed by atoms with Gasteiger partial charge in [-0.1, -0.05) is 5.16 Å². The minimum Gasteiger partial charge on any atom is -0.493 e. The summed E-state index contributed by atoms with van der Waals surface area (Å²) >= 11 is 0. The number of nitrogens with zero attached hydrogens (tertiary/aromatic N) is 2. The van der Waals surface area contributed by atoms with E-state index in [1.807, 2.05) is 25.1 Å². The highest BCUT2D eigenvalue weighted by Crippen LogP contribution is 2.34. The number of aryl methyl sites for hydroxylation is 1. The van der Waals surface area contributed by atoms with Gasteiger partial charge in [-0.2, -0.15) is 0 Å². The summed E-state index contributed by atoms with van der Waals surface area (Å²) in [4.78, 5) is 17.9. The van der Waals surface area contributed by atoms with Gasteiger partial charge >= 0.3 is 0 Å². The Bertz CT molecular complexity index is 1020. The fraction of sp³-hybridized carbons (Fsp3) is 0.400. The molecule has 0 spiro atoms. The molecule has 0 radical (unpaired) electrons. The van der Waals surface area contributed by atoms with Crippen LogP contribution in [0.1, 0.15) is 35.9 Å². The Morgan fingerprint density at radius 3 is 2.70 bits per heavy atom. The van der Waals surface area contributed by atoms with Crippen LogP contribution in [0.2, 0.25) is 0 Å². The second kappa shape index (κ2) is 7.08. The largest absolute Gasteiger partial charge is 0.493 e. The van der Waals surface area contributed by atoms with Crippen LogP contribution in [0.15, 0.2) is 33.6 Å². The second-order valence-corrected chi connectivity index (χ2v) is 6.92. The standard InChI is InChI=1S/C20H23N3O4/c1-12-7-17(27-22-12)16-5-4-6-23(16)11-14-8-13-9-18(25-2)19(26-3)10-15(13)21-20(14)24/h7-10,16H,4-6,11H2,1-3H3,(H,21,24)/t16-/m1/s1. The van der Waals surface area contributed by atoms with E-state index in [4.69, 9.17) is 14.0 Å². The molecule has 1 N–H and O–H groups in total. The van der Waals surface area contributed by atoms with E-state index in [9.17, 15) is 4.79 Å². The highest BCUT2D eigenvalue weighted by molar-refractivity contribution is 5.83. The van der Waals surface area contributed by atoms with Crippen molar-refractivity contribution in [3.63, 3.8) is 0 Å². The summed E-state index contributed by atoms with van der Waals surface area (Å²) in [6.45, 7) is 3.40. The van der Waals surface area contributed by atoms with Crippen molar-refractivity contribution in [2.45, 2.75) is 32.4 Å². The topological polar surface area (TPSA) is 80.6 Å². The average Bonchev–Trinajstić information content (AvgIpc) is 3.30. The molecule has 2 aromatic heterocycles. The molecule has 0 bridgehead atoms. The predicted molar refractivity (Wildman–Crippen MR) is 101 cm³/mol. The highest BCUT2D eigenvalue weighted by Gasteiger charge is 2.29. The van der Waals surface area contributed by atoms with Gasteiger partial charge in [0, 0.05) is 29.6 Å². The number of benzene rings is 1. The lowest BCUT2D eigenvalue weighted by molar-refractivity contribution is 0.206. The maximum absolute atomic E-state index is 12.6. The van der Waals surface area contributed by atoms with E-state index in [2.05, 4.69) is 15.0 Å². The summed E-state index contributed by atoms with van der Waals surface area (Å²) in [5.74, 6) is 2.10. The quantitative estimate of drug-likeness (QED) is 0.744. The summed E-state index contributed by atoms with van der Waals surface area (Å²) in [5, 5.41) is 4.91. The van der Waals surface area contributed by atoms with Crippen molar-refractivity contribution in [1.29, 1.82) is 0 Å². The number of rotatable bonds is 5. The van der Waals surface area contributed by atoms with Gasteiger partial charge in [-0.25, -0.2) is 0 Å². The van der Waals surface area contributed by atoms with Crippen molar-refractivity contribution < 1.29 is 14.0 Å². The first kappa shape index (κ1) is 17.6. The molecule has 1 atom stereocenters. The lowest BCUT2D eigenvalue weighted by Crippen LogP contribution is -2.26. The molecule has 4 rings (SSSR count). The fourth-order valence-corrected chi connectivity index (χ4v) is 3.79. The summed E-state index contributed by atoms with van der Waals surface area (Å²) < 4.78 is 16.2. The molecule has 1 aromatic carbocycles. The van der Waals surface area contributed by atoms with Gasteiger partial charge in [-0.3, -0.25) is 9.69 Å². The van der Waals surface area contributed by atoms with Crippen molar-refractivity contribution in [2.75, 3.05) is 20.8 Å². The van der Waals surface area contributed by atoms with Crippen LogP contribution < -0.4 is 15.0 Å². The first-order valence-electron chi connectivity index (χ1n) is 9.04. The van der Waals surface area contributed by atoms with E-state index < -0.39 is 0 Å². The van der Waals surface area contributed by atoms with E-state index in [1.165, 1.54) is 0 Å². The molecule has 3 heterocycles. The number of pyridine rings is 1. The van der Waals surface area contributed by atoms with E-state index >= 15 is 0 Å². The number of likely N-dealkylation sites (tertiary alicyclic amines) is 1. The Labute approximate surface area is 156 Å². The molecule has 27 heavy (non-hydrogen) atoms. The zero-order chi connectivity index (χ0) is 19.0. The minimum atomic E-state index is -0.0888. The van der Waals surface area contributed by atoms with Crippen molar-refractivity contribution >= 4 is 10.9 Å². The maximum atomic E-state index is 12.6. The third-order valence-corrected chi connectivity index (χ3v) is 5.14. The van der Waals surface area contributed by atoms with Gasteiger partial charge in [0.2, 0.25) is 0 Å². The summed E-state index contributed by atoms with van der Waals surface area (Å²) in [6.07, 6.45) is 2.08. The molecule has 0 amide bonds. The van der Waals surface area contributed by atoms with Gasteiger partial charge in [0.1, 0.15) is 0 Å². The number of methoxy groups -OCH3 is 2. The lowest BCUT2D eigenvalue weighted by Gasteiger charge is -2.22. The molecule has 1 saturated heterocycles. The van der Waals surface area contributed by atoms with Crippen LogP contribution in [0.5, 0.6) is 11.5 Å². The van der Waals surface area contributed by atoms with Crippen molar-refractivity contribution in [3.8, 4) is 11.5 Å². The van der Waals surface area contributed by atoms with Crippen molar-refractivity contribution in [2.24, 2.45) is 0 Å². The normalized spacial score (nSPS) is 17.5. The lowest BCUT2D eigenvalue weighted by atomic mass is 10.1. The molecule has 3 aromatic rings. The van der Waals surface area contributed by atoms with Crippen LogP contribution in [0.3, 0.4) is 0 Å². The Hall–Kier alpha value is -2.80. The Kier molecular flexibility index (Phi) is 4.61. The third-order valence-electron chi connectivity index (χ3n) is 5.14. The summed E-state index contributed by atoms with van der Waals surface area (Å²) in [7, 11) is 3.18. The molecule has 0 unspecified atom stereocenters. The van der Waals surface area contributed by atoms with E-state index in [1.54, 1.807) is 20.3 Å².